The Morgan fingerprint density at radius 3 is 2.66 bits per heavy atom. The van der Waals surface area contributed by atoms with E-state index in [9.17, 15) is 24.5 Å². The molecule has 1 N–H and O–H groups in total. The summed E-state index contributed by atoms with van der Waals surface area (Å²) in [4.78, 5) is 46.5. The zero-order valence-corrected chi connectivity index (χ0v) is 15.4. The van der Waals surface area contributed by atoms with Gasteiger partial charge in [0.15, 0.2) is 11.7 Å². The number of fused-ring (bicyclic) bond motifs is 1. The van der Waals surface area contributed by atoms with Crippen molar-refractivity contribution in [1.29, 1.82) is 0 Å². The molecule has 0 bridgehead atoms. The number of aryl methyl sites for hydroxylation is 1. The van der Waals surface area contributed by atoms with E-state index in [0.29, 0.717) is 11.1 Å². The summed E-state index contributed by atoms with van der Waals surface area (Å²) < 4.78 is 11.5. The zero-order valence-electron chi connectivity index (χ0n) is 15.4. The van der Waals surface area contributed by atoms with E-state index in [4.69, 9.17) is 9.15 Å². The van der Waals surface area contributed by atoms with Crippen molar-refractivity contribution in [2.45, 2.75) is 26.0 Å². The highest BCUT2D eigenvalue weighted by atomic mass is 16.6. The fourth-order valence-corrected chi connectivity index (χ4v) is 2.71. The molecule has 1 amide bonds. The van der Waals surface area contributed by atoms with Crippen LogP contribution in [0.25, 0.3) is 11.1 Å². The average Bonchev–Trinajstić information content (AvgIpc) is 3.01. The van der Waals surface area contributed by atoms with Crippen LogP contribution in [0.2, 0.25) is 0 Å². The molecule has 0 fully saturated rings. The monoisotopic (exact) mass is 399 g/mol. The Labute approximate surface area is 163 Å². The van der Waals surface area contributed by atoms with Gasteiger partial charge in [0.2, 0.25) is 0 Å². The van der Waals surface area contributed by atoms with Crippen molar-refractivity contribution in [3.63, 3.8) is 0 Å². The van der Waals surface area contributed by atoms with E-state index >= 15 is 0 Å². The summed E-state index contributed by atoms with van der Waals surface area (Å²) in [5, 5.41) is 13.4. The van der Waals surface area contributed by atoms with Crippen LogP contribution in [0.3, 0.4) is 0 Å². The van der Waals surface area contributed by atoms with Gasteiger partial charge in [0, 0.05) is 12.6 Å². The van der Waals surface area contributed by atoms with Crippen molar-refractivity contribution in [1.82, 2.24) is 4.57 Å². The number of aromatic nitrogens is 1. The van der Waals surface area contributed by atoms with Crippen LogP contribution in [0.1, 0.15) is 13.3 Å². The largest absolute Gasteiger partial charge is 0.452 e. The molecule has 0 aliphatic heterocycles. The number of anilines is 1. The molecule has 2 aromatic carbocycles. The number of carbonyl (C=O) groups excluding carboxylic acids is 2. The number of nitrogens with zero attached hydrogens (tertiary/aromatic N) is 2. The topological polar surface area (TPSA) is 134 Å². The minimum atomic E-state index is -1.18. The first kappa shape index (κ1) is 19.8. The molecule has 1 aromatic heterocycles. The lowest BCUT2D eigenvalue weighted by atomic mass is 10.2. The molecule has 29 heavy (non-hydrogen) atoms. The van der Waals surface area contributed by atoms with Crippen LogP contribution in [0.5, 0.6) is 0 Å². The van der Waals surface area contributed by atoms with Crippen LogP contribution < -0.4 is 11.1 Å². The summed E-state index contributed by atoms with van der Waals surface area (Å²) in [6, 6.07) is 12.4. The summed E-state index contributed by atoms with van der Waals surface area (Å²) in [5.74, 6) is -2.01. The average molecular weight is 399 g/mol. The highest BCUT2D eigenvalue weighted by molar-refractivity contribution is 5.96. The molecule has 3 rings (SSSR count). The number of hydrogen-bond acceptors (Lipinski definition) is 7. The Kier molecular flexibility index (Phi) is 5.72. The highest BCUT2D eigenvalue weighted by Crippen LogP contribution is 2.23. The van der Waals surface area contributed by atoms with Crippen molar-refractivity contribution in [3.05, 3.63) is 69.2 Å². The van der Waals surface area contributed by atoms with Crippen molar-refractivity contribution in [3.8, 4) is 0 Å². The SMILES string of the molecule is C[C@@H](OC(=O)CCn1c(=O)oc2ccccc21)C(=O)Nc1ccccc1[N+](=O)[O-]. The van der Waals surface area contributed by atoms with Crippen LogP contribution in [0.15, 0.2) is 57.7 Å². The molecule has 3 aromatic rings. The summed E-state index contributed by atoms with van der Waals surface area (Å²) in [7, 11) is 0. The standard InChI is InChI=1S/C19H17N3O7/c1-12(18(24)20-13-6-2-3-7-14(13)22(26)27)28-17(23)10-11-21-15-8-4-5-9-16(15)29-19(21)25/h2-9,12H,10-11H2,1H3,(H,20,24)/t12-/m1/s1. The number of nitro benzene ring substituents is 1. The first-order valence-corrected chi connectivity index (χ1v) is 8.69. The molecule has 150 valence electrons. The van der Waals surface area contributed by atoms with E-state index in [1.54, 1.807) is 24.3 Å². The Bertz CT molecular complexity index is 1130. The van der Waals surface area contributed by atoms with Gasteiger partial charge in [0.05, 0.1) is 16.9 Å². The van der Waals surface area contributed by atoms with E-state index in [2.05, 4.69) is 5.32 Å². The lowest BCUT2D eigenvalue weighted by molar-refractivity contribution is -0.383. The molecule has 0 spiro atoms. The maximum absolute atomic E-state index is 12.2. The lowest BCUT2D eigenvalue weighted by Gasteiger charge is -2.13. The number of esters is 1. The Balaban J connectivity index is 1.59. The minimum Gasteiger partial charge on any atom is -0.452 e. The zero-order chi connectivity index (χ0) is 21.0. The number of rotatable bonds is 7. The van der Waals surface area contributed by atoms with Crippen LogP contribution in [-0.4, -0.2) is 27.5 Å². The van der Waals surface area contributed by atoms with Gasteiger partial charge in [0.25, 0.3) is 11.6 Å². The summed E-state index contributed by atoms with van der Waals surface area (Å²) in [5.41, 5.74) is 0.683. The van der Waals surface area contributed by atoms with Crippen LogP contribution in [0.4, 0.5) is 11.4 Å². The van der Waals surface area contributed by atoms with Gasteiger partial charge in [-0.05, 0) is 25.1 Å². The molecule has 1 atom stereocenters. The Morgan fingerprint density at radius 2 is 1.90 bits per heavy atom. The number of nitrogens with one attached hydrogen (secondary N) is 1. The second-order valence-electron chi connectivity index (χ2n) is 6.13. The molecule has 1 heterocycles. The third-order valence-electron chi connectivity index (χ3n) is 4.15. The fourth-order valence-electron chi connectivity index (χ4n) is 2.71. The smallest absolute Gasteiger partial charge is 0.419 e. The van der Waals surface area contributed by atoms with Gasteiger partial charge in [-0.1, -0.05) is 24.3 Å². The Morgan fingerprint density at radius 1 is 1.21 bits per heavy atom. The normalized spacial score (nSPS) is 11.8. The molecule has 0 aliphatic carbocycles. The van der Waals surface area contributed by atoms with Crippen molar-refractivity contribution in [2.75, 3.05) is 5.32 Å². The number of nitro groups is 1. The van der Waals surface area contributed by atoms with Gasteiger partial charge in [-0.15, -0.1) is 0 Å². The van der Waals surface area contributed by atoms with Gasteiger partial charge < -0.3 is 14.5 Å². The van der Waals surface area contributed by atoms with E-state index in [1.807, 2.05) is 0 Å². The molecule has 0 aliphatic rings. The van der Waals surface area contributed by atoms with Crippen molar-refractivity contribution >= 4 is 34.4 Å². The Hall–Kier alpha value is -3.95. The first-order chi connectivity index (χ1) is 13.9. The molecular formula is C19H17N3O7. The van der Waals surface area contributed by atoms with Crippen LogP contribution >= 0.6 is 0 Å². The third kappa shape index (κ3) is 4.49. The number of para-hydroxylation sites is 4. The summed E-state index contributed by atoms with van der Waals surface area (Å²) in [6.45, 7) is 1.37. The maximum atomic E-state index is 12.2. The van der Waals surface area contributed by atoms with Crippen LogP contribution in [0, 0.1) is 10.1 Å². The number of amides is 1. The molecule has 0 saturated heterocycles. The van der Waals surface area contributed by atoms with Gasteiger partial charge in [0.1, 0.15) is 5.69 Å². The van der Waals surface area contributed by atoms with E-state index in [1.165, 1.54) is 35.8 Å². The van der Waals surface area contributed by atoms with Crippen molar-refractivity contribution < 1.29 is 23.7 Å². The second-order valence-corrected chi connectivity index (χ2v) is 6.13. The predicted octanol–water partition coefficient (Wildman–Crippen LogP) is 2.46. The molecular weight excluding hydrogens is 382 g/mol. The maximum Gasteiger partial charge on any atom is 0.419 e. The fraction of sp³-hybridized carbons (Fsp3) is 0.211. The number of carbonyl (C=O) groups is 2. The quantitative estimate of drug-likeness (QED) is 0.366. The summed E-state index contributed by atoms with van der Waals surface area (Å²) in [6.07, 6.45) is -1.34. The number of ether oxygens (including phenoxy) is 1. The highest BCUT2D eigenvalue weighted by Gasteiger charge is 2.22. The second kappa shape index (κ2) is 8.38. The third-order valence-corrected chi connectivity index (χ3v) is 4.15. The summed E-state index contributed by atoms with van der Waals surface area (Å²) >= 11 is 0. The first-order valence-electron chi connectivity index (χ1n) is 8.69. The number of hydrogen-bond donors (Lipinski definition) is 1. The van der Waals surface area contributed by atoms with Gasteiger partial charge in [-0.25, -0.2) is 4.79 Å². The van der Waals surface area contributed by atoms with E-state index < -0.39 is 28.7 Å². The predicted molar refractivity (Wildman–Crippen MR) is 102 cm³/mol. The molecule has 10 heteroatoms. The lowest BCUT2D eigenvalue weighted by Crippen LogP contribution is -2.30. The molecule has 0 saturated carbocycles. The minimum absolute atomic E-state index is 0.00168. The van der Waals surface area contributed by atoms with Gasteiger partial charge in [-0.2, -0.15) is 0 Å². The van der Waals surface area contributed by atoms with E-state index in [-0.39, 0.29) is 24.3 Å². The van der Waals surface area contributed by atoms with E-state index in [0.717, 1.165) is 0 Å². The number of benzene rings is 2. The van der Waals surface area contributed by atoms with Gasteiger partial charge >= 0.3 is 11.7 Å². The van der Waals surface area contributed by atoms with Crippen LogP contribution in [-0.2, 0) is 20.9 Å². The van der Waals surface area contributed by atoms with Gasteiger partial charge in [-0.3, -0.25) is 24.3 Å². The number of oxazole rings is 1. The molecule has 10 nitrogen and oxygen atoms in total. The van der Waals surface area contributed by atoms with Crippen molar-refractivity contribution in [2.24, 2.45) is 0 Å². The molecule has 0 radical (unpaired) electrons. The molecule has 0 unspecified atom stereocenters.